The number of rotatable bonds is 5. The van der Waals surface area contributed by atoms with Crippen LogP contribution in [0.25, 0.3) is 22.2 Å². The minimum atomic E-state index is -0.559. The lowest BCUT2D eigenvalue weighted by molar-refractivity contribution is 0.204. The topological polar surface area (TPSA) is 111 Å². The summed E-state index contributed by atoms with van der Waals surface area (Å²) < 4.78 is 6.02. The summed E-state index contributed by atoms with van der Waals surface area (Å²) in [5, 5.41) is 10.2. The largest absolute Gasteiger partial charge is 0.467 e. The van der Waals surface area contributed by atoms with Gasteiger partial charge in [0.25, 0.3) is 0 Å². The van der Waals surface area contributed by atoms with Crippen LogP contribution in [0.15, 0.2) is 67.4 Å². The van der Waals surface area contributed by atoms with Gasteiger partial charge in [-0.05, 0) is 18.2 Å². The minimum Gasteiger partial charge on any atom is -0.467 e. The molecule has 0 spiro atoms. The van der Waals surface area contributed by atoms with Gasteiger partial charge in [0.15, 0.2) is 0 Å². The number of hydrogen-bond acceptors (Lipinski definition) is 7. The second kappa shape index (κ2) is 7.78. The molecule has 0 radical (unpaired) electrons. The van der Waals surface area contributed by atoms with Crippen LogP contribution in [-0.4, -0.2) is 26.5 Å². The van der Waals surface area contributed by atoms with E-state index in [0.717, 1.165) is 27.7 Å². The van der Waals surface area contributed by atoms with Crippen molar-refractivity contribution in [1.29, 1.82) is 5.26 Å². The second-order valence-electron chi connectivity index (χ2n) is 6.02. The van der Waals surface area contributed by atoms with Crippen LogP contribution in [0.2, 0.25) is 0 Å². The Morgan fingerprint density at radius 3 is 2.68 bits per heavy atom. The number of nitrogens with zero attached hydrogens (tertiary/aromatic N) is 5. The molecule has 0 unspecified atom stereocenters. The Hall–Kier alpha value is -3.89. The summed E-state index contributed by atoms with van der Waals surface area (Å²) in [6.07, 6.45) is 5.68. The van der Waals surface area contributed by atoms with E-state index in [-0.39, 0.29) is 18.0 Å². The summed E-state index contributed by atoms with van der Waals surface area (Å²) in [5.41, 5.74) is 9.60. The Morgan fingerprint density at radius 2 is 1.89 bits per heavy atom. The second-order valence-corrected chi connectivity index (χ2v) is 6.02. The molecule has 0 saturated carbocycles. The fourth-order valence-electron chi connectivity index (χ4n) is 3.06. The van der Waals surface area contributed by atoms with Gasteiger partial charge in [-0.1, -0.05) is 24.3 Å². The molecule has 0 aliphatic heterocycles. The number of hydrogen-bond donors (Lipinski definition) is 1. The van der Waals surface area contributed by atoms with Crippen molar-refractivity contribution in [3.05, 3.63) is 78.5 Å². The van der Waals surface area contributed by atoms with E-state index in [2.05, 4.69) is 19.9 Å². The van der Waals surface area contributed by atoms with Crippen molar-refractivity contribution in [2.45, 2.75) is 6.10 Å². The average Bonchev–Trinajstić information content (AvgIpc) is 2.77. The lowest BCUT2D eigenvalue weighted by Crippen LogP contribution is -2.20. The van der Waals surface area contributed by atoms with Crippen LogP contribution in [0.3, 0.4) is 0 Å². The van der Waals surface area contributed by atoms with Crippen molar-refractivity contribution >= 4 is 10.9 Å². The highest BCUT2D eigenvalue weighted by Gasteiger charge is 2.22. The smallest absolute Gasteiger partial charge is 0.235 e. The maximum absolute atomic E-state index is 9.28. The monoisotopic (exact) mass is 368 g/mol. The van der Waals surface area contributed by atoms with E-state index >= 15 is 0 Å². The Bertz CT molecular complexity index is 1160. The van der Waals surface area contributed by atoms with E-state index in [4.69, 9.17) is 10.5 Å². The van der Waals surface area contributed by atoms with Gasteiger partial charge in [-0.2, -0.15) is 5.26 Å². The summed E-state index contributed by atoms with van der Waals surface area (Å²) in [5.74, 6) is 0.188. The molecule has 1 aromatic carbocycles. The molecule has 1 atom stereocenters. The van der Waals surface area contributed by atoms with Gasteiger partial charge in [-0.25, -0.2) is 9.97 Å². The summed E-state index contributed by atoms with van der Waals surface area (Å²) in [6, 6.07) is 15.6. The van der Waals surface area contributed by atoms with E-state index in [1.165, 1.54) is 12.5 Å². The highest BCUT2D eigenvalue weighted by Crippen LogP contribution is 2.34. The maximum atomic E-state index is 9.28. The van der Waals surface area contributed by atoms with Crippen LogP contribution in [0.1, 0.15) is 17.2 Å². The van der Waals surface area contributed by atoms with Crippen molar-refractivity contribution < 1.29 is 4.74 Å². The lowest BCUT2D eigenvalue weighted by atomic mass is 9.96. The molecule has 2 N–H and O–H groups in total. The number of para-hydroxylation sites is 1. The Morgan fingerprint density at radius 1 is 1.04 bits per heavy atom. The van der Waals surface area contributed by atoms with Crippen molar-refractivity contribution in [3.8, 4) is 23.2 Å². The first-order chi connectivity index (χ1) is 13.8. The number of pyridine rings is 2. The molecule has 0 bridgehead atoms. The minimum absolute atomic E-state index is 0.175. The Labute approximate surface area is 161 Å². The van der Waals surface area contributed by atoms with Crippen LogP contribution >= 0.6 is 0 Å². The predicted octanol–water partition coefficient (Wildman–Crippen LogP) is 3.04. The summed E-state index contributed by atoms with van der Waals surface area (Å²) in [7, 11) is 0. The number of nitriles is 1. The molecule has 0 aliphatic carbocycles. The average molecular weight is 368 g/mol. The molecule has 0 fully saturated rings. The summed E-state index contributed by atoms with van der Waals surface area (Å²) in [4.78, 5) is 17.0. The molecule has 0 aliphatic rings. The molecule has 0 amide bonds. The molecule has 7 heteroatoms. The lowest BCUT2D eigenvalue weighted by Gasteiger charge is -2.21. The van der Waals surface area contributed by atoms with E-state index in [1.807, 2.05) is 48.5 Å². The molecule has 3 aromatic heterocycles. The Balaban J connectivity index is 1.88. The van der Waals surface area contributed by atoms with Crippen LogP contribution in [0.4, 0.5) is 0 Å². The third-order valence-corrected chi connectivity index (χ3v) is 4.34. The van der Waals surface area contributed by atoms with Crippen LogP contribution < -0.4 is 10.5 Å². The number of aromatic nitrogens is 4. The van der Waals surface area contributed by atoms with Crippen LogP contribution in [-0.2, 0) is 0 Å². The van der Waals surface area contributed by atoms with Crippen molar-refractivity contribution in [1.82, 2.24) is 19.9 Å². The van der Waals surface area contributed by atoms with Crippen molar-refractivity contribution in [2.75, 3.05) is 6.54 Å². The third kappa shape index (κ3) is 3.24. The standard InChI is InChI=1S/C21H16N6O/c22-9-14-11-24-13-27-21(14)28-19(10-23)16-12-26-17-6-2-1-5-15(17)20(16)18-7-3-4-8-25-18/h1-8,11-13,19H,10,23H2/t19-/m1/s1. The zero-order valence-electron chi connectivity index (χ0n) is 14.9. The summed E-state index contributed by atoms with van der Waals surface area (Å²) >= 11 is 0. The molecular weight excluding hydrogens is 352 g/mol. The maximum Gasteiger partial charge on any atom is 0.235 e. The fraction of sp³-hybridized carbons (Fsp3) is 0.0952. The van der Waals surface area contributed by atoms with E-state index in [9.17, 15) is 5.26 Å². The number of benzene rings is 1. The van der Waals surface area contributed by atoms with Gasteiger partial charge >= 0.3 is 0 Å². The first-order valence-corrected chi connectivity index (χ1v) is 8.67. The van der Waals surface area contributed by atoms with Gasteiger partial charge in [-0.3, -0.25) is 9.97 Å². The van der Waals surface area contributed by atoms with Crippen LogP contribution in [0, 0.1) is 11.3 Å². The van der Waals surface area contributed by atoms with Gasteiger partial charge in [0.2, 0.25) is 5.88 Å². The van der Waals surface area contributed by atoms with E-state index < -0.39 is 6.10 Å². The molecule has 136 valence electrons. The predicted molar refractivity (Wildman–Crippen MR) is 104 cm³/mol. The van der Waals surface area contributed by atoms with Gasteiger partial charge in [0.1, 0.15) is 24.1 Å². The molecule has 4 rings (SSSR count). The number of nitrogens with two attached hydrogens (primary N) is 1. The molecule has 4 aromatic rings. The SMILES string of the molecule is N#Cc1cncnc1O[C@H](CN)c1cnc2ccccc2c1-c1ccccn1. The molecule has 28 heavy (non-hydrogen) atoms. The normalized spacial score (nSPS) is 11.7. The molecule has 3 heterocycles. The molecule has 0 saturated heterocycles. The molecule has 7 nitrogen and oxygen atoms in total. The van der Waals surface area contributed by atoms with Gasteiger partial charge in [0.05, 0.1) is 17.4 Å². The van der Waals surface area contributed by atoms with E-state index in [0.29, 0.717) is 0 Å². The first-order valence-electron chi connectivity index (χ1n) is 8.67. The highest BCUT2D eigenvalue weighted by atomic mass is 16.5. The summed E-state index contributed by atoms with van der Waals surface area (Å²) in [6.45, 7) is 0.175. The Kier molecular flexibility index (Phi) is 4.87. The quantitative estimate of drug-likeness (QED) is 0.576. The fourth-order valence-corrected chi connectivity index (χ4v) is 3.06. The van der Waals surface area contributed by atoms with Crippen molar-refractivity contribution in [3.63, 3.8) is 0 Å². The first kappa shape index (κ1) is 17.5. The number of fused-ring (bicyclic) bond motifs is 1. The number of ether oxygens (including phenoxy) is 1. The third-order valence-electron chi connectivity index (χ3n) is 4.34. The zero-order chi connectivity index (χ0) is 19.3. The van der Waals surface area contributed by atoms with Gasteiger partial charge < -0.3 is 10.5 Å². The van der Waals surface area contributed by atoms with Gasteiger partial charge in [-0.15, -0.1) is 0 Å². The van der Waals surface area contributed by atoms with E-state index in [1.54, 1.807) is 12.4 Å². The zero-order valence-corrected chi connectivity index (χ0v) is 14.9. The highest BCUT2D eigenvalue weighted by molar-refractivity contribution is 5.95. The van der Waals surface area contributed by atoms with Gasteiger partial charge in [0, 0.05) is 35.5 Å². The van der Waals surface area contributed by atoms with Crippen molar-refractivity contribution in [2.24, 2.45) is 5.73 Å². The van der Waals surface area contributed by atoms with Crippen LogP contribution in [0.5, 0.6) is 5.88 Å². The molecular formula is C21H16N6O.